The SMILES string of the molecule is O=C(NC[C@@H]([C@H]1CCOC1)N1CCCC1)Nc1cccc(S(=O)(=O)C2CCCC2)c1. The fourth-order valence-corrected chi connectivity index (χ4v) is 6.94. The second-order valence-electron chi connectivity index (χ2n) is 8.75. The Balaban J connectivity index is 1.36. The lowest BCUT2D eigenvalue weighted by molar-refractivity contribution is 0.135. The van der Waals surface area contributed by atoms with Gasteiger partial charge < -0.3 is 15.4 Å². The van der Waals surface area contributed by atoms with E-state index in [1.165, 1.54) is 12.8 Å². The Hall–Kier alpha value is -1.64. The van der Waals surface area contributed by atoms with Crippen LogP contribution in [0.15, 0.2) is 29.2 Å². The second kappa shape index (κ2) is 9.66. The Morgan fingerprint density at radius 1 is 1.13 bits per heavy atom. The predicted molar refractivity (Wildman–Crippen MR) is 116 cm³/mol. The number of benzene rings is 1. The van der Waals surface area contributed by atoms with Crippen LogP contribution >= 0.6 is 0 Å². The number of carbonyl (C=O) groups is 1. The Morgan fingerprint density at radius 2 is 1.90 bits per heavy atom. The van der Waals surface area contributed by atoms with Crippen LogP contribution in [0.2, 0.25) is 0 Å². The van der Waals surface area contributed by atoms with Crippen LogP contribution in [0.1, 0.15) is 44.9 Å². The molecule has 2 atom stereocenters. The van der Waals surface area contributed by atoms with Gasteiger partial charge in [-0.2, -0.15) is 0 Å². The largest absolute Gasteiger partial charge is 0.381 e. The molecule has 7 nitrogen and oxygen atoms in total. The molecule has 2 amide bonds. The van der Waals surface area contributed by atoms with E-state index in [4.69, 9.17) is 4.74 Å². The molecule has 166 valence electrons. The lowest BCUT2D eigenvalue weighted by Gasteiger charge is -2.32. The highest BCUT2D eigenvalue weighted by Crippen LogP contribution is 2.30. The van der Waals surface area contributed by atoms with Gasteiger partial charge in [0.1, 0.15) is 0 Å². The molecule has 30 heavy (non-hydrogen) atoms. The third kappa shape index (κ3) is 4.98. The van der Waals surface area contributed by atoms with Crippen molar-refractivity contribution in [3.63, 3.8) is 0 Å². The molecule has 1 aromatic rings. The van der Waals surface area contributed by atoms with E-state index in [9.17, 15) is 13.2 Å². The van der Waals surface area contributed by atoms with Crippen molar-refractivity contribution < 1.29 is 17.9 Å². The zero-order valence-electron chi connectivity index (χ0n) is 17.5. The summed E-state index contributed by atoms with van der Waals surface area (Å²) in [4.78, 5) is 15.3. The number of nitrogens with one attached hydrogen (secondary N) is 2. The van der Waals surface area contributed by atoms with Crippen LogP contribution in [0.3, 0.4) is 0 Å². The molecule has 0 aromatic heterocycles. The van der Waals surface area contributed by atoms with Crippen LogP contribution in [0.5, 0.6) is 0 Å². The van der Waals surface area contributed by atoms with E-state index >= 15 is 0 Å². The number of rotatable bonds is 7. The lowest BCUT2D eigenvalue weighted by Crippen LogP contribution is -2.48. The maximum absolute atomic E-state index is 12.8. The highest BCUT2D eigenvalue weighted by atomic mass is 32.2. The van der Waals surface area contributed by atoms with E-state index in [1.807, 2.05) is 0 Å². The molecule has 0 spiro atoms. The summed E-state index contributed by atoms with van der Waals surface area (Å²) in [6, 6.07) is 6.62. The fourth-order valence-electron chi connectivity index (χ4n) is 5.04. The zero-order chi connectivity index (χ0) is 21.0. The maximum Gasteiger partial charge on any atom is 0.319 e. The summed E-state index contributed by atoms with van der Waals surface area (Å²) in [5, 5.41) is 5.52. The summed E-state index contributed by atoms with van der Waals surface area (Å²) in [5.74, 6) is 0.447. The van der Waals surface area contributed by atoms with Crippen LogP contribution in [0, 0.1) is 5.92 Å². The Labute approximate surface area is 179 Å². The summed E-state index contributed by atoms with van der Waals surface area (Å²) in [6.07, 6.45) is 6.83. The molecule has 3 fully saturated rings. The molecule has 8 heteroatoms. The number of sulfone groups is 1. The van der Waals surface area contributed by atoms with E-state index in [-0.39, 0.29) is 17.3 Å². The molecular formula is C22H33N3O4S. The average molecular weight is 436 g/mol. The maximum atomic E-state index is 12.8. The van der Waals surface area contributed by atoms with Crippen LogP contribution < -0.4 is 10.6 Å². The molecule has 2 saturated heterocycles. The Kier molecular flexibility index (Phi) is 6.95. The normalized spacial score (nSPS) is 24.2. The third-order valence-electron chi connectivity index (χ3n) is 6.75. The Bertz CT molecular complexity index is 811. The number of carbonyl (C=O) groups excluding carboxylic acids is 1. The van der Waals surface area contributed by atoms with Gasteiger partial charge >= 0.3 is 6.03 Å². The topological polar surface area (TPSA) is 87.7 Å². The smallest absolute Gasteiger partial charge is 0.319 e. The fraction of sp³-hybridized carbons (Fsp3) is 0.682. The minimum atomic E-state index is -3.34. The van der Waals surface area contributed by atoms with Gasteiger partial charge in [0.25, 0.3) is 0 Å². The molecule has 0 radical (unpaired) electrons. The quantitative estimate of drug-likeness (QED) is 0.687. The van der Waals surface area contributed by atoms with Crippen molar-refractivity contribution in [2.75, 3.05) is 38.2 Å². The number of anilines is 1. The molecule has 2 heterocycles. The van der Waals surface area contributed by atoms with Gasteiger partial charge in [-0.15, -0.1) is 0 Å². The van der Waals surface area contributed by atoms with Crippen molar-refractivity contribution in [3.8, 4) is 0 Å². The van der Waals surface area contributed by atoms with Gasteiger partial charge in [-0.25, -0.2) is 13.2 Å². The summed E-state index contributed by atoms with van der Waals surface area (Å²) in [7, 11) is -3.34. The average Bonchev–Trinajstić information content (AvgIpc) is 3.51. The first-order valence-corrected chi connectivity index (χ1v) is 12.8. The molecule has 2 N–H and O–H groups in total. The van der Waals surface area contributed by atoms with Gasteiger partial charge in [-0.1, -0.05) is 18.9 Å². The Morgan fingerprint density at radius 3 is 2.60 bits per heavy atom. The summed E-state index contributed by atoms with van der Waals surface area (Å²) in [5.41, 5.74) is 0.508. The van der Waals surface area contributed by atoms with E-state index in [0.717, 1.165) is 58.4 Å². The molecule has 0 unspecified atom stereocenters. The molecule has 0 bridgehead atoms. The second-order valence-corrected chi connectivity index (χ2v) is 11.0. The molecule has 1 aromatic carbocycles. The standard InChI is InChI=1S/C22H33N3O4S/c26-22(23-15-21(17-10-13-29-16-17)25-11-3-4-12-25)24-18-6-5-9-20(14-18)30(27,28)19-7-1-2-8-19/h5-6,9,14,17,19,21H,1-4,7-8,10-13,15-16H2,(H2,23,24,26)/t17-,21-/m0/s1. The number of hydrogen-bond donors (Lipinski definition) is 2. The summed E-state index contributed by atoms with van der Waals surface area (Å²) < 4.78 is 31.2. The van der Waals surface area contributed by atoms with Crippen molar-refractivity contribution in [1.82, 2.24) is 10.2 Å². The number of likely N-dealkylation sites (tertiary alicyclic amines) is 1. The molecule has 4 rings (SSSR count). The third-order valence-corrected chi connectivity index (χ3v) is 9.01. The van der Waals surface area contributed by atoms with Crippen molar-refractivity contribution in [3.05, 3.63) is 24.3 Å². The molecule has 2 aliphatic heterocycles. The number of ether oxygens (including phenoxy) is 1. The van der Waals surface area contributed by atoms with E-state index < -0.39 is 9.84 Å². The van der Waals surface area contributed by atoms with Crippen molar-refractivity contribution >= 4 is 21.6 Å². The first kappa shape index (κ1) is 21.6. The summed E-state index contributed by atoms with van der Waals surface area (Å²) in [6.45, 7) is 4.27. The van der Waals surface area contributed by atoms with Crippen molar-refractivity contribution in [2.45, 2.75) is 61.1 Å². The highest BCUT2D eigenvalue weighted by Gasteiger charge is 2.32. The highest BCUT2D eigenvalue weighted by molar-refractivity contribution is 7.92. The zero-order valence-corrected chi connectivity index (χ0v) is 18.3. The number of urea groups is 1. The van der Waals surface area contributed by atoms with Crippen LogP contribution in [-0.2, 0) is 14.6 Å². The lowest BCUT2D eigenvalue weighted by atomic mass is 9.97. The van der Waals surface area contributed by atoms with Gasteiger partial charge in [0, 0.05) is 30.8 Å². The van der Waals surface area contributed by atoms with Gasteiger partial charge in [0.05, 0.1) is 16.8 Å². The number of hydrogen-bond acceptors (Lipinski definition) is 5. The minimum Gasteiger partial charge on any atom is -0.381 e. The van der Waals surface area contributed by atoms with Gasteiger partial charge in [0.2, 0.25) is 0 Å². The van der Waals surface area contributed by atoms with E-state index in [1.54, 1.807) is 24.3 Å². The molecular weight excluding hydrogens is 402 g/mol. The monoisotopic (exact) mass is 435 g/mol. The van der Waals surface area contributed by atoms with Crippen molar-refractivity contribution in [1.29, 1.82) is 0 Å². The van der Waals surface area contributed by atoms with Crippen molar-refractivity contribution in [2.24, 2.45) is 5.92 Å². The van der Waals surface area contributed by atoms with E-state index in [0.29, 0.717) is 23.0 Å². The number of nitrogens with zero attached hydrogens (tertiary/aromatic N) is 1. The first-order chi connectivity index (χ1) is 14.5. The molecule has 1 saturated carbocycles. The van der Waals surface area contributed by atoms with Crippen LogP contribution in [0.4, 0.5) is 10.5 Å². The van der Waals surface area contributed by atoms with Gasteiger partial charge in [-0.3, -0.25) is 4.90 Å². The van der Waals surface area contributed by atoms with Crippen LogP contribution in [-0.4, -0.2) is 63.5 Å². The number of amides is 2. The molecule has 1 aliphatic carbocycles. The first-order valence-electron chi connectivity index (χ1n) is 11.2. The van der Waals surface area contributed by atoms with E-state index in [2.05, 4.69) is 15.5 Å². The van der Waals surface area contributed by atoms with Gasteiger partial charge in [0.15, 0.2) is 9.84 Å². The van der Waals surface area contributed by atoms with Gasteiger partial charge in [-0.05, 0) is 63.4 Å². The minimum absolute atomic E-state index is 0.287. The predicted octanol–water partition coefficient (Wildman–Crippen LogP) is 3.03. The van der Waals surface area contributed by atoms with Crippen LogP contribution in [0.25, 0.3) is 0 Å². The molecule has 3 aliphatic rings. The summed E-state index contributed by atoms with van der Waals surface area (Å²) >= 11 is 0.